The summed E-state index contributed by atoms with van der Waals surface area (Å²) in [6, 6.07) is 9.97. The van der Waals surface area contributed by atoms with Crippen LogP contribution in [0.2, 0.25) is 0 Å². The SMILES string of the molecule is CCCCOc1ccc(C(=O)OCOC(=O)c2ccccc2OC(C)=O)cc1OC(=O)CNC(=O)OC(C)(C)C. The molecular weight excluding hydrogens is 526 g/mol. The topological polar surface area (TPSA) is 153 Å². The van der Waals surface area contributed by atoms with E-state index in [0.29, 0.717) is 6.61 Å². The minimum atomic E-state index is -0.884. The Hall–Kier alpha value is -4.61. The van der Waals surface area contributed by atoms with Crippen molar-refractivity contribution in [2.75, 3.05) is 19.9 Å². The number of rotatable bonds is 12. The fourth-order valence-corrected chi connectivity index (χ4v) is 2.95. The van der Waals surface area contributed by atoms with E-state index < -0.39 is 48.9 Å². The standard InChI is InChI=1S/C28H33NO11/c1-6-7-14-35-22-13-12-19(15-23(22)39-24(31)16-29-27(34)40-28(3,4)5)25(32)36-17-37-26(33)20-10-8-9-11-21(20)38-18(2)30/h8-13,15H,6-7,14,16-17H2,1-5H3,(H,29,34). The monoisotopic (exact) mass is 559 g/mol. The minimum absolute atomic E-state index is 0.00222. The lowest BCUT2D eigenvalue weighted by Crippen LogP contribution is -2.36. The zero-order valence-corrected chi connectivity index (χ0v) is 23.1. The lowest BCUT2D eigenvalue weighted by atomic mass is 10.2. The second-order valence-corrected chi connectivity index (χ2v) is 9.26. The molecule has 2 aromatic carbocycles. The highest BCUT2D eigenvalue weighted by atomic mass is 16.7. The Labute approximate surface area is 231 Å². The van der Waals surface area contributed by atoms with Crippen molar-refractivity contribution < 1.29 is 52.4 Å². The van der Waals surface area contributed by atoms with E-state index in [9.17, 15) is 24.0 Å². The van der Waals surface area contributed by atoms with Gasteiger partial charge in [-0.15, -0.1) is 0 Å². The molecule has 0 atom stereocenters. The molecule has 12 heteroatoms. The summed E-state index contributed by atoms with van der Waals surface area (Å²) < 4.78 is 31.0. The highest BCUT2D eigenvalue weighted by Gasteiger charge is 2.20. The molecule has 0 fully saturated rings. The number of carbonyl (C=O) groups excluding carboxylic acids is 5. The number of unbranched alkanes of at least 4 members (excludes halogenated alkanes) is 1. The highest BCUT2D eigenvalue weighted by molar-refractivity contribution is 5.94. The van der Waals surface area contributed by atoms with Gasteiger partial charge in [-0.3, -0.25) is 4.79 Å². The number of hydrogen-bond donors (Lipinski definition) is 1. The molecule has 0 bridgehead atoms. The van der Waals surface area contributed by atoms with Crippen LogP contribution in [0.25, 0.3) is 0 Å². The number of esters is 4. The molecule has 0 saturated carbocycles. The number of amides is 1. The summed E-state index contributed by atoms with van der Waals surface area (Å²) in [7, 11) is 0. The Balaban J connectivity index is 2.04. The summed E-state index contributed by atoms with van der Waals surface area (Å²) in [5.74, 6) is -3.10. The Morgan fingerprint density at radius 2 is 1.55 bits per heavy atom. The maximum absolute atomic E-state index is 12.6. The Bertz CT molecular complexity index is 1220. The zero-order chi connectivity index (χ0) is 29.7. The fourth-order valence-electron chi connectivity index (χ4n) is 2.95. The number of ether oxygens (including phenoxy) is 6. The van der Waals surface area contributed by atoms with E-state index in [1.165, 1.54) is 37.3 Å². The predicted octanol–water partition coefficient (Wildman–Crippen LogP) is 4.19. The van der Waals surface area contributed by atoms with E-state index in [0.717, 1.165) is 12.8 Å². The molecule has 0 saturated heterocycles. The van der Waals surface area contributed by atoms with Crippen molar-refractivity contribution >= 4 is 30.0 Å². The third-order valence-corrected chi connectivity index (χ3v) is 4.68. The first kappa shape index (κ1) is 31.6. The van der Waals surface area contributed by atoms with Crippen LogP contribution in [0.3, 0.4) is 0 Å². The first-order chi connectivity index (χ1) is 18.9. The van der Waals surface area contributed by atoms with Gasteiger partial charge in [0.1, 0.15) is 23.5 Å². The van der Waals surface area contributed by atoms with Gasteiger partial charge in [0.25, 0.3) is 0 Å². The number of carbonyl (C=O) groups is 5. The van der Waals surface area contributed by atoms with E-state index in [4.69, 9.17) is 28.4 Å². The minimum Gasteiger partial charge on any atom is -0.490 e. The van der Waals surface area contributed by atoms with Gasteiger partial charge in [0.15, 0.2) is 11.5 Å². The molecule has 0 aliphatic heterocycles. The van der Waals surface area contributed by atoms with Gasteiger partial charge in [-0.2, -0.15) is 0 Å². The third kappa shape index (κ3) is 11.0. The van der Waals surface area contributed by atoms with Gasteiger partial charge >= 0.3 is 30.0 Å². The van der Waals surface area contributed by atoms with E-state index in [1.54, 1.807) is 32.9 Å². The summed E-state index contributed by atoms with van der Waals surface area (Å²) >= 11 is 0. The quantitative estimate of drug-likeness (QED) is 0.172. The van der Waals surface area contributed by atoms with Crippen LogP contribution in [0, 0.1) is 0 Å². The van der Waals surface area contributed by atoms with Crippen molar-refractivity contribution in [3.8, 4) is 17.2 Å². The molecule has 0 heterocycles. The van der Waals surface area contributed by atoms with Crippen molar-refractivity contribution in [3.63, 3.8) is 0 Å². The van der Waals surface area contributed by atoms with Crippen molar-refractivity contribution in [2.24, 2.45) is 0 Å². The zero-order valence-electron chi connectivity index (χ0n) is 23.1. The summed E-state index contributed by atoms with van der Waals surface area (Å²) in [6.45, 7) is 7.31. The highest BCUT2D eigenvalue weighted by Crippen LogP contribution is 2.29. The van der Waals surface area contributed by atoms with E-state index >= 15 is 0 Å². The van der Waals surface area contributed by atoms with Crippen LogP contribution in [0.1, 0.15) is 68.2 Å². The molecule has 0 unspecified atom stereocenters. The molecule has 2 rings (SSSR count). The number of alkyl carbamates (subject to hydrolysis) is 1. The van der Waals surface area contributed by atoms with Crippen molar-refractivity contribution in [1.82, 2.24) is 5.32 Å². The molecule has 0 spiro atoms. The van der Waals surface area contributed by atoms with Gasteiger partial charge in [-0.25, -0.2) is 19.2 Å². The Kier molecular flexibility index (Phi) is 11.9. The van der Waals surface area contributed by atoms with Crippen LogP contribution in [0.4, 0.5) is 4.79 Å². The van der Waals surface area contributed by atoms with Crippen molar-refractivity contribution in [3.05, 3.63) is 53.6 Å². The Morgan fingerprint density at radius 1 is 0.850 bits per heavy atom. The smallest absolute Gasteiger partial charge is 0.408 e. The molecule has 1 N–H and O–H groups in total. The van der Waals surface area contributed by atoms with Crippen LogP contribution in [-0.4, -0.2) is 55.5 Å². The van der Waals surface area contributed by atoms with Gasteiger partial charge in [-0.1, -0.05) is 25.5 Å². The van der Waals surface area contributed by atoms with Gasteiger partial charge in [0, 0.05) is 6.92 Å². The average molecular weight is 560 g/mol. The molecule has 2 aromatic rings. The van der Waals surface area contributed by atoms with Crippen LogP contribution < -0.4 is 19.5 Å². The van der Waals surface area contributed by atoms with Crippen LogP contribution >= 0.6 is 0 Å². The molecule has 216 valence electrons. The van der Waals surface area contributed by atoms with E-state index in [1.807, 2.05) is 6.92 Å². The molecule has 0 aliphatic carbocycles. The number of para-hydroxylation sites is 1. The summed E-state index contributed by atoms with van der Waals surface area (Å²) in [6.07, 6.45) is 0.804. The van der Waals surface area contributed by atoms with Gasteiger partial charge in [0.2, 0.25) is 6.79 Å². The van der Waals surface area contributed by atoms with Crippen LogP contribution in [-0.2, 0) is 23.8 Å². The van der Waals surface area contributed by atoms with Gasteiger partial charge < -0.3 is 33.7 Å². The summed E-state index contributed by atoms with van der Waals surface area (Å²) in [5.41, 5.74) is -0.804. The van der Waals surface area contributed by atoms with Crippen molar-refractivity contribution in [1.29, 1.82) is 0 Å². The van der Waals surface area contributed by atoms with Gasteiger partial charge in [-0.05, 0) is 57.5 Å². The second kappa shape index (κ2) is 15.1. The molecule has 1 amide bonds. The largest absolute Gasteiger partial charge is 0.490 e. The van der Waals surface area contributed by atoms with E-state index in [-0.39, 0.29) is 28.4 Å². The molecule has 12 nitrogen and oxygen atoms in total. The maximum atomic E-state index is 12.6. The number of nitrogens with one attached hydrogen (secondary N) is 1. The average Bonchev–Trinajstić information content (AvgIpc) is 2.87. The van der Waals surface area contributed by atoms with E-state index in [2.05, 4.69) is 5.32 Å². The molecule has 40 heavy (non-hydrogen) atoms. The number of hydrogen-bond acceptors (Lipinski definition) is 11. The van der Waals surface area contributed by atoms with Crippen LogP contribution in [0.5, 0.6) is 17.2 Å². The van der Waals surface area contributed by atoms with Gasteiger partial charge in [0.05, 0.1) is 12.2 Å². The predicted molar refractivity (Wildman–Crippen MR) is 140 cm³/mol. The normalized spacial score (nSPS) is 10.6. The second-order valence-electron chi connectivity index (χ2n) is 9.26. The Morgan fingerprint density at radius 3 is 2.23 bits per heavy atom. The first-order valence-electron chi connectivity index (χ1n) is 12.5. The lowest BCUT2D eigenvalue weighted by molar-refractivity contribution is -0.133. The lowest BCUT2D eigenvalue weighted by Gasteiger charge is -2.19. The van der Waals surface area contributed by atoms with Crippen molar-refractivity contribution in [2.45, 2.75) is 53.1 Å². The first-order valence-corrected chi connectivity index (χ1v) is 12.5. The summed E-state index contributed by atoms with van der Waals surface area (Å²) in [5, 5.41) is 2.29. The fraction of sp³-hybridized carbons (Fsp3) is 0.393. The third-order valence-electron chi connectivity index (χ3n) is 4.68. The molecule has 0 radical (unpaired) electrons. The molecular formula is C28H33NO11. The molecule has 0 aliphatic rings. The summed E-state index contributed by atoms with van der Waals surface area (Å²) in [4.78, 5) is 60.4. The molecule has 0 aromatic heterocycles. The maximum Gasteiger partial charge on any atom is 0.408 e. The van der Waals surface area contributed by atoms with Crippen LogP contribution in [0.15, 0.2) is 42.5 Å². The number of benzene rings is 2.